The molecule has 0 radical (unpaired) electrons. The van der Waals surface area contributed by atoms with E-state index in [1.807, 2.05) is 18.3 Å². The Hall–Kier alpha value is -1.65. The minimum Gasteiger partial charge on any atom is -0.364 e. The second-order valence-electron chi connectivity index (χ2n) is 3.87. The number of rotatable bonds is 4. The van der Waals surface area contributed by atoms with E-state index in [2.05, 4.69) is 39.6 Å². The molecule has 17 heavy (non-hydrogen) atoms. The molecule has 0 aliphatic rings. The van der Waals surface area contributed by atoms with Crippen molar-refractivity contribution in [3.8, 4) is 0 Å². The maximum Gasteiger partial charge on any atom is 0.108 e. The molecule has 3 nitrogen and oxygen atoms in total. The van der Waals surface area contributed by atoms with Gasteiger partial charge < -0.3 is 10.3 Å². The highest BCUT2D eigenvalue weighted by Crippen LogP contribution is 2.21. The highest BCUT2D eigenvalue weighted by molar-refractivity contribution is 7.18. The Kier molecular flexibility index (Phi) is 2.90. The Morgan fingerprint density at radius 2 is 2.06 bits per heavy atom. The summed E-state index contributed by atoms with van der Waals surface area (Å²) in [5, 5.41) is 4.52. The van der Waals surface area contributed by atoms with Crippen molar-refractivity contribution in [2.24, 2.45) is 0 Å². The molecule has 0 unspecified atom stereocenters. The van der Waals surface area contributed by atoms with Gasteiger partial charge in [0.25, 0.3) is 0 Å². The first-order valence-electron chi connectivity index (χ1n) is 5.59. The minimum absolute atomic E-state index is 0.818. The van der Waals surface area contributed by atoms with Crippen LogP contribution in [0.1, 0.15) is 10.7 Å². The molecule has 4 heteroatoms. The summed E-state index contributed by atoms with van der Waals surface area (Å²) in [6.07, 6.45) is 1.94. The lowest BCUT2D eigenvalue weighted by Crippen LogP contribution is -2.12. The van der Waals surface area contributed by atoms with Crippen LogP contribution in [0.3, 0.4) is 0 Å². The Labute approximate surface area is 104 Å². The number of nitrogens with one attached hydrogen (secondary N) is 2. The van der Waals surface area contributed by atoms with E-state index in [0.29, 0.717) is 0 Å². The zero-order valence-electron chi connectivity index (χ0n) is 9.31. The first-order chi connectivity index (χ1) is 8.42. The second kappa shape index (κ2) is 4.69. The SMILES string of the molecule is c1c[nH]c(CNCc2nc3ccccc3s2)c1. The molecule has 0 aliphatic heterocycles. The minimum atomic E-state index is 0.818. The number of thiazole rings is 1. The van der Waals surface area contributed by atoms with Crippen LogP contribution in [0.4, 0.5) is 0 Å². The van der Waals surface area contributed by atoms with E-state index >= 15 is 0 Å². The fourth-order valence-corrected chi connectivity index (χ4v) is 2.71. The van der Waals surface area contributed by atoms with Crippen LogP contribution in [-0.2, 0) is 13.1 Å². The Morgan fingerprint density at radius 3 is 2.88 bits per heavy atom. The van der Waals surface area contributed by atoms with Gasteiger partial charge in [-0.2, -0.15) is 0 Å². The van der Waals surface area contributed by atoms with Gasteiger partial charge in [-0.05, 0) is 24.3 Å². The smallest absolute Gasteiger partial charge is 0.108 e. The van der Waals surface area contributed by atoms with Crippen LogP contribution < -0.4 is 5.32 Å². The summed E-state index contributed by atoms with van der Waals surface area (Å²) in [5.41, 5.74) is 2.29. The van der Waals surface area contributed by atoms with Crippen LogP contribution in [0, 0.1) is 0 Å². The predicted octanol–water partition coefficient (Wildman–Crippen LogP) is 2.91. The van der Waals surface area contributed by atoms with E-state index in [4.69, 9.17) is 0 Å². The molecule has 86 valence electrons. The number of nitrogens with zero attached hydrogens (tertiary/aromatic N) is 1. The molecule has 2 N–H and O–H groups in total. The number of fused-ring (bicyclic) bond motifs is 1. The van der Waals surface area contributed by atoms with Crippen LogP contribution in [0.5, 0.6) is 0 Å². The normalized spacial score (nSPS) is 11.1. The monoisotopic (exact) mass is 243 g/mol. The Balaban J connectivity index is 1.65. The van der Waals surface area contributed by atoms with Crippen molar-refractivity contribution < 1.29 is 0 Å². The lowest BCUT2D eigenvalue weighted by molar-refractivity contribution is 0.680. The predicted molar refractivity (Wildman–Crippen MR) is 71.0 cm³/mol. The zero-order valence-corrected chi connectivity index (χ0v) is 10.1. The average Bonchev–Trinajstić information content (AvgIpc) is 2.96. The summed E-state index contributed by atoms with van der Waals surface area (Å²) >= 11 is 1.75. The molecule has 0 saturated carbocycles. The van der Waals surface area contributed by atoms with Crippen LogP contribution in [0.25, 0.3) is 10.2 Å². The molecule has 0 saturated heterocycles. The average molecular weight is 243 g/mol. The van der Waals surface area contributed by atoms with E-state index in [9.17, 15) is 0 Å². The first-order valence-corrected chi connectivity index (χ1v) is 6.41. The van der Waals surface area contributed by atoms with E-state index in [1.165, 1.54) is 10.4 Å². The molecule has 2 aromatic heterocycles. The number of hydrogen-bond donors (Lipinski definition) is 2. The largest absolute Gasteiger partial charge is 0.364 e. The zero-order chi connectivity index (χ0) is 11.5. The molecule has 0 aliphatic carbocycles. The van der Waals surface area contributed by atoms with Gasteiger partial charge in [0, 0.05) is 25.0 Å². The molecular weight excluding hydrogens is 230 g/mol. The summed E-state index contributed by atoms with van der Waals surface area (Å²) in [6, 6.07) is 12.3. The molecule has 3 rings (SSSR count). The van der Waals surface area contributed by atoms with E-state index in [1.54, 1.807) is 11.3 Å². The third-order valence-electron chi connectivity index (χ3n) is 2.59. The van der Waals surface area contributed by atoms with Gasteiger partial charge in [0.15, 0.2) is 0 Å². The molecule has 3 aromatic rings. The quantitative estimate of drug-likeness (QED) is 0.739. The molecular formula is C13H13N3S. The van der Waals surface area contributed by atoms with Crippen molar-refractivity contribution in [1.82, 2.24) is 15.3 Å². The van der Waals surface area contributed by atoms with Gasteiger partial charge in [0.05, 0.1) is 10.2 Å². The third kappa shape index (κ3) is 2.38. The fourth-order valence-electron chi connectivity index (χ4n) is 1.78. The van der Waals surface area contributed by atoms with Crippen LogP contribution >= 0.6 is 11.3 Å². The van der Waals surface area contributed by atoms with Crippen molar-refractivity contribution in [2.75, 3.05) is 0 Å². The lowest BCUT2D eigenvalue weighted by Gasteiger charge is -1.99. The highest BCUT2D eigenvalue weighted by Gasteiger charge is 2.02. The van der Waals surface area contributed by atoms with Crippen LogP contribution in [-0.4, -0.2) is 9.97 Å². The van der Waals surface area contributed by atoms with Crippen molar-refractivity contribution in [3.05, 3.63) is 53.3 Å². The number of para-hydroxylation sites is 1. The summed E-state index contributed by atoms with van der Waals surface area (Å²) < 4.78 is 1.25. The maximum atomic E-state index is 4.58. The standard InChI is InChI=1S/C13H13N3S/c1-2-6-12-11(5-1)16-13(17-12)9-14-8-10-4-3-7-15-10/h1-7,14-15H,8-9H2. The van der Waals surface area contributed by atoms with Crippen molar-refractivity contribution in [3.63, 3.8) is 0 Å². The molecule has 0 atom stereocenters. The van der Waals surface area contributed by atoms with Gasteiger partial charge in [-0.1, -0.05) is 12.1 Å². The number of aromatic nitrogens is 2. The molecule has 0 spiro atoms. The summed E-state index contributed by atoms with van der Waals surface area (Å²) in [7, 11) is 0. The summed E-state index contributed by atoms with van der Waals surface area (Å²) in [6.45, 7) is 1.67. The highest BCUT2D eigenvalue weighted by atomic mass is 32.1. The molecule has 2 heterocycles. The van der Waals surface area contributed by atoms with Gasteiger partial charge in [-0.3, -0.25) is 0 Å². The van der Waals surface area contributed by atoms with Gasteiger partial charge in [0.2, 0.25) is 0 Å². The second-order valence-corrected chi connectivity index (χ2v) is 4.99. The van der Waals surface area contributed by atoms with Crippen LogP contribution in [0.15, 0.2) is 42.6 Å². The van der Waals surface area contributed by atoms with Gasteiger partial charge >= 0.3 is 0 Å². The van der Waals surface area contributed by atoms with Gasteiger partial charge in [-0.25, -0.2) is 4.98 Å². The number of hydrogen-bond acceptors (Lipinski definition) is 3. The van der Waals surface area contributed by atoms with Gasteiger partial charge in [-0.15, -0.1) is 11.3 Å². The Morgan fingerprint density at radius 1 is 1.12 bits per heavy atom. The van der Waals surface area contributed by atoms with E-state index in [-0.39, 0.29) is 0 Å². The van der Waals surface area contributed by atoms with Gasteiger partial charge in [0.1, 0.15) is 5.01 Å². The summed E-state index contributed by atoms with van der Waals surface area (Å²) in [4.78, 5) is 7.75. The third-order valence-corrected chi connectivity index (χ3v) is 3.63. The van der Waals surface area contributed by atoms with Crippen LogP contribution in [0.2, 0.25) is 0 Å². The molecule has 0 fully saturated rings. The molecule has 1 aromatic carbocycles. The number of aromatic amines is 1. The maximum absolute atomic E-state index is 4.58. The van der Waals surface area contributed by atoms with Crippen molar-refractivity contribution in [2.45, 2.75) is 13.1 Å². The summed E-state index contributed by atoms with van der Waals surface area (Å²) in [5.74, 6) is 0. The molecule has 0 bridgehead atoms. The lowest BCUT2D eigenvalue weighted by atomic mass is 10.3. The van der Waals surface area contributed by atoms with Crippen molar-refractivity contribution >= 4 is 21.6 Å². The van der Waals surface area contributed by atoms with E-state index in [0.717, 1.165) is 23.6 Å². The van der Waals surface area contributed by atoms with Crippen molar-refractivity contribution in [1.29, 1.82) is 0 Å². The number of H-pyrrole nitrogens is 1. The topological polar surface area (TPSA) is 40.7 Å². The van der Waals surface area contributed by atoms with E-state index < -0.39 is 0 Å². The first kappa shape index (κ1) is 10.5. The molecule has 0 amide bonds. The fraction of sp³-hybridized carbons (Fsp3) is 0.154. The Bertz CT molecular complexity index is 565. The number of benzene rings is 1.